The average molecular weight is 428 g/mol. The molecule has 2 atom stereocenters. The standard InChI is InChI=1S/C30H21NS/c1-2-9-20(10-3-1)21-11-8-12-22(19-21)31-25-15-6-4-13-23(25)29-26(31)17-18-28-30(29)24-14-5-7-16-27(24)32-28/h1-19,23,25H. The van der Waals surface area contributed by atoms with Crippen molar-refractivity contribution in [2.24, 2.45) is 0 Å². The molecule has 0 bridgehead atoms. The third kappa shape index (κ3) is 2.57. The number of hydrogen-bond acceptors (Lipinski definition) is 2. The van der Waals surface area contributed by atoms with Gasteiger partial charge in [0.05, 0.1) is 6.04 Å². The molecule has 1 aromatic heterocycles. The van der Waals surface area contributed by atoms with Crippen LogP contribution in [0.1, 0.15) is 11.5 Å². The monoisotopic (exact) mass is 427 g/mol. The lowest BCUT2D eigenvalue weighted by molar-refractivity contribution is 0.747. The minimum absolute atomic E-state index is 0.297. The summed E-state index contributed by atoms with van der Waals surface area (Å²) in [6, 6.07) is 33.4. The highest BCUT2D eigenvalue weighted by Crippen LogP contribution is 2.53. The maximum absolute atomic E-state index is 2.54. The molecule has 2 unspecified atom stereocenters. The second-order valence-corrected chi connectivity index (χ2v) is 9.63. The number of benzene rings is 4. The molecular formula is C30H21NS. The molecule has 7 rings (SSSR count). The molecule has 1 nitrogen and oxygen atoms in total. The fourth-order valence-electron chi connectivity index (χ4n) is 5.43. The van der Waals surface area contributed by atoms with Crippen molar-refractivity contribution in [2.75, 3.05) is 4.90 Å². The predicted octanol–water partition coefficient (Wildman–Crippen LogP) is 8.45. The third-order valence-electron chi connectivity index (χ3n) is 6.79. The van der Waals surface area contributed by atoms with E-state index in [1.165, 1.54) is 48.2 Å². The van der Waals surface area contributed by atoms with E-state index in [-0.39, 0.29) is 0 Å². The predicted molar refractivity (Wildman–Crippen MR) is 138 cm³/mol. The number of hydrogen-bond donors (Lipinski definition) is 0. The topological polar surface area (TPSA) is 3.24 Å². The largest absolute Gasteiger partial charge is 0.333 e. The lowest BCUT2D eigenvalue weighted by atomic mass is 9.89. The fourth-order valence-corrected chi connectivity index (χ4v) is 6.55. The maximum Gasteiger partial charge on any atom is 0.0629 e. The van der Waals surface area contributed by atoms with Gasteiger partial charge in [0, 0.05) is 37.5 Å². The van der Waals surface area contributed by atoms with E-state index in [1.807, 2.05) is 11.3 Å². The summed E-state index contributed by atoms with van der Waals surface area (Å²) in [7, 11) is 0. The van der Waals surface area contributed by atoms with Crippen LogP contribution in [0, 0.1) is 0 Å². The van der Waals surface area contributed by atoms with Crippen LogP contribution >= 0.6 is 11.3 Å². The van der Waals surface area contributed by atoms with Gasteiger partial charge in [0.15, 0.2) is 0 Å². The van der Waals surface area contributed by atoms with E-state index in [1.54, 1.807) is 0 Å². The first kappa shape index (κ1) is 18.0. The molecule has 5 aromatic rings. The minimum atomic E-state index is 0.297. The van der Waals surface area contributed by atoms with Crippen LogP contribution < -0.4 is 4.90 Å². The fraction of sp³-hybridized carbons (Fsp3) is 0.0667. The van der Waals surface area contributed by atoms with Gasteiger partial charge in [0.1, 0.15) is 0 Å². The van der Waals surface area contributed by atoms with E-state index >= 15 is 0 Å². The van der Waals surface area contributed by atoms with Gasteiger partial charge in [-0.3, -0.25) is 0 Å². The number of allylic oxidation sites excluding steroid dienone is 2. The van der Waals surface area contributed by atoms with Gasteiger partial charge in [-0.25, -0.2) is 0 Å². The number of thiophene rings is 1. The minimum Gasteiger partial charge on any atom is -0.333 e. The number of anilines is 2. The van der Waals surface area contributed by atoms with Crippen molar-refractivity contribution in [2.45, 2.75) is 12.0 Å². The van der Waals surface area contributed by atoms with E-state index in [0.29, 0.717) is 12.0 Å². The molecule has 0 amide bonds. The van der Waals surface area contributed by atoms with Gasteiger partial charge in [-0.1, -0.05) is 85.0 Å². The van der Waals surface area contributed by atoms with E-state index in [4.69, 9.17) is 0 Å². The molecule has 2 heterocycles. The first-order valence-corrected chi connectivity index (χ1v) is 11.9. The summed E-state index contributed by atoms with van der Waals surface area (Å²) in [6.07, 6.45) is 9.16. The highest BCUT2D eigenvalue weighted by Gasteiger charge is 2.39. The Labute approximate surface area is 191 Å². The van der Waals surface area contributed by atoms with Gasteiger partial charge in [-0.2, -0.15) is 0 Å². The van der Waals surface area contributed by atoms with Crippen LogP contribution in [0.2, 0.25) is 0 Å². The van der Waals surface area contributed by atoms with E-state index in [2.05, 4.69) is 120 Å². The van der Waals surface area contributed by atoms with Crippen molar-refractivity contribution in [1.29, 1.82) is 0 Å². The molecule has 32 heavy (non-hydrogen) atoms. The van der Waals surface area contributed by atoms with Crippen molar-refractivity contribution in [1.82, 2.24) is 0 Å². The van der Waals surface area contributed by atoms with E-state index in [9.17, 15) is 0 Å². The molecule has 2 aliphatic rings. The molecular weight excluding hydrogens is 406 g/mol. The van der Waals surface area contributed by atoms with Crippen LogP contribution in [0.15, 0.2) is 115 Å². The zero-order valence-electron chi connectivity index (χ0n) is 17.5. The lowest BCUT2D eigenvalue weighted by Crippen LogP contribution is -2.28. The van der Waals surface area contributed by atoms with Crippen molar-refractivity contribution in [3.05, 3.63) is 121 Å². The quantitative estimate of drug-likeness (QED) is 0.273. The SMILES string of the molecule is C1=CC2c3c(ccc4sc5ccccc5c34)N(c3cccc(-c4ccccc4)c3)C2C=C1. The third-order valence-corrected chi connectivity index (χ3v) is 7.92. The van der Waals surface area contributed by atoms with Crippen molar-refractivity contribution in [3.63, 3.8) is 0 Å². The van der Waals surface area contributed by atoms with Crippen molar-refractivity contribution >= 4 is 42.9 Å². The summed E-state index contributed by atoms with van der Waals surface area (Å²) in [5.41, 5.74) is 6.56. The molecule has 4 aromatic carbocycles. The van der Waals surface area contributed by atoms with Gasteiger partial charge >= 0.3 is 0 Å². The number of rotatable bonds is 2. The number of fused-ring (bicyclic) bond motifs is 7. The van der Waals surface area contributed by atoms with E-state index < -0.39 is 0 Å². The Bertz CT molecular complexity index is 1540. The first-order valence-electron chi connectivity index (χ1n) is 11.1. The molecule has 2 heteroatoms. The first-order chi connectivity index (χ1) is 15.9. The molecule has 0 fully saturated rings. The molecule has 0 saturated carbocycles. The van der Waals surface area contributed by atoms with Crippen molar-refractivity contribution < 1.29 is 0 Å². The van der Waals surface area contributed by atoms with Crippen LogP contribution in [-0.2, 0) is 0 Å². The van der Waals surface area contributed by atoms with Crippen LogP contribution in [0.5, 0.6) is 0 Å². The highest BCUT2D eigenvalue weighted by molar-refractivity contribution is 7.25. The molecule has 1 aliphatic carbocycles. The summed E-state index contributed by atoms with van der Waals surface area (Å²) in [5, 5.41) is 2.81. The molecule has 1 aliphatic heterocycles. The van der Waals surface area contributed by atoms with Gasteiger partial charge in [-0.05, 0) is 47.0 Å². The molecule has 0 saturated heterocycles. The van der Waals surface area contributed by atoms with Gasteiger partial charge in [-0.15, -0.1) is 11.3 Å². The maximum atomic E-state index is 2.54. The summed E-state index contributed by atoms with van der Waals surface area (Å²) < 4.78 is 2.75. The summed E-state index contributed by atoms with van der Waals surface area (Å²) >= 11 is 1.90. The Hall–Kier alpha value is -3.62. The van der Waals surface area contributed by atoms with Crippen LogP contribution in [0.4, 0.5) is 11.4 Å². The second kappa shape index (κ2) is 6.94. The summed E-state index contributed by atoms with van der Waals surface area (Å²) in [5.74, 6) is 0.358. The van der Waals surface area contributed by atoms with Gasteiger partial charge in [0.25, 0.3) is 0 Å². The summed E-state index contributed by atoms with van der Waals surface area (Å²) in [6.45, 7) is 0. The average Bonchev–Trinajstić information content (AvgIpc) is 3.40. The van der Waals surface area contributed by atoms with E-state index in [0.717, 1.165) is 0 Å². The zero-order valence-corrected chi connectivity index (χ0v) is 18.3. The normalized spacial score (nSPS) is 18.9. The van der Waals surface area contributed by atoms with Crippen molar-refractivity contribution in [3.8, 4) is 11.1 Å². The van der Waals surface area contributed by atoms with Crippen LogP contribution in [0.25, 0.3) is 31.3 Å². The Morgan fingerprint density at radius 2 is 1.47 bits per heavy atom. The molecule has 0 spiro atoms. The molecule has 0 N–H and O–H groups in total. The smallest absolute Gasteiger partial charge is 0.0629 e. The van der Waals surface area contributed by atoms with Crippen LogP contribution in [0.3, 0.4) is 0 Å². The highest BCUT2D eigenvalue weighted by atomic mass is 32.1. The molecule has 152 valence electrons. The zero-order chi connectivity index (χ0) is 21.1. The summed E-state index contributed by atoms with van der Waals surface area (Å²) in [4.78, 5) is 2.54. The Morgan fingerprint density at radius 1 is 0.656 bits per heavy atom. The Morgan fingerprint density at radius 3 is 2.41 bits per heavy atom. The Kier molecular flexibility index (Phi) is 3.91. The lowest BCUT2D eigenvalue weighted by Gasteiger charge is -2.29. The second-order valence-electron chi connectivity index (χ2n) is 8.54. The number of nitrogens with zero attached hydrogens (tertiary/aromatic N) is 1. The van der Waals surface area contributed by atoms with Gasteiger partial charge in [0.2, 0.25) is 0 Å². The Balaban J connectivity index is 1.47. The van der Waals surface area contributed by atoms with Gasteiger partial charge < -0.3 is 4.90 Å². The molecule has 0 radical (unpaired) electrons. The van der Waals surface area contributed by atoms with Crippen LogP contribution in [-0.4, -0.2) is 6.04 Å².